The zero-order valence-corrected chi connectivity index (χ0v) is 24.5. The molecule has 0 amide bonds. The summed E-state index contributed by atoms with van der Waals surface area (Å²) in [6.45, 7) is 8.40. The molecule has 4 rings (SSSR count). The number of carbonyl (C=O) groups is 1. The van der Waals surface area contributed by atoms with Crippen LogP contribution in [0.1, 0.15) is 32.6 Å². The number of ether oxygens (including phenoxy) is 6. The summed E-state index contributed by atoms with van der Waals surface area (Å²) < 4.78 is 34.8. The lowest BCUT2D eigenvalue weighted by Gasteiger charge is -2.17. The molecule has 0 radical (unpaired) electrons. The second-order valence-corrected chi connectivity index (χ2v) is 9.95. The quantitative estimate of drug-likeness (QED) is 0.0939. The van der Waals surface area contributed by atoms with Crippen LogP contribution in [0.25, 0.3) is 10.8 Å². The van der Waals surface area contributed by atoms with Crippen molar-refractivity contribution in [3.05, 3.63) is 107 Å². The Morgan fingerprint density at radius 1 is 0.571 bits per heavy atom. The molecule has 0 bridgehead atoms. The SMILES string of the molecule is Cc1ccc(COCCOCCOc2cc3ccccc3c(C=O)c2OCCOCCOCc2ccc(C)cc2)cc1. The number of carbonyl (C=O) groups excluding carboxylic acids is 1. The minimum absolute atomic E-state index is 0.266. The lowest BCUT2D eigenvalue weighted by molar-refractivity contribution is 0.0274. The fraction of sp³-hybridized carbons (Fsp3) is 0.343. The average molecular weight is 573 g/mol. The predicted molar refractivity (Wildman–Crippen MR) is 164 cm³/mol. The molecule has 0 aliphatic rings. The molecule has 0 aliphatic heterocycles. The molecule has 0 atom stereocenters. The Morgan fingerprint density at radius 3 is 1.64 bits per heavy atom. The molecule has 0 saturated carbocycles. The normalized spacial score (nSPS) is 11.1. The molecule has 0 unspecified atom stereocenters. The van der Waals surface area contributed by atoms with Gasteiger partial charge < -0.3 is 28.4 Å². The van der Waals surface area contributed by atoms with Gasteiger partial charge in [-0.1, -0.05) is 83.9 Å². The van der Waals surface area contributed by atoms with Crippen molar-refractivity contribution in [3.63, 3.8) is 0 Å². The van der Waals surface area contributed by atoms with E-state index in [1.54, 1.807) is 0 Å². The first-order valence-electron chi connectivity index (χ1n) is 14.3. The third kappa shape index (κ3) is 9.96. The summed E-state index contributed by atoms with van der Waals surface area (Å²) in [5.74, 6) is 0.904. The van der Waals surface area contributed by atoms with Gasteiger partial charge >= 0.3 is 0 Å². The van der Waals surface area contributed by atoms with Crippen LogP contribution in [0.3, 0.4) is 0 Å². The summed E-state index contributed by atoms with van der Waals surface area (Å²) in [6.07, 6.45) is 0.812. The van der Waals surface area contributed by atoms with E-state index in [9.17, 15) is 4.79 Å². The Balaban J connectivity index is 1.19. The van der Waals surface area contributed by atoms with Crippen molar-refractivity contribution in [2.75, 3.05) is 52.9 Å². The molecular weight excluding hydrogens is 532 g/mol. The molecule has 0 heterocycles. The highest BCUT2D eigenvalue weighted by Gasteiger charge is 2.16. The van der Waals surface area contributed by atoms with E-state index >= 15 is 0 Å². The first kappa shape index (κ1) is 31.2. The van der Waals surface area contributed by atoms with E-state index in [0.717, 1.165) is 28.2 Å². The van der Waals surface area contributed by atoms with Gasteiger partial charge in [-0.2, -0.15) is 0 Å². The number of hydrogen-bond donors (Lipinski definition) is 0. The summed E-state index contributed by atoms with van der Waals surface area (Å²) in [7, 11) is 0. The average Bonchev–Trinajstić information content (AvgIpc) is 3.01. The maximum Gasteiger partial charge on any atom is 0.172 e. The maximum atomic E-state index is 12.1. The molecule has 7 nitrogen and oxygen atoms in total. The van der Waals surface area contributed by atoms with E-state index in [1.807, 2.05) is 30.3 Å². The highest BCUT2D eigenvalue weighted by atomic mass is 16.6. The lowest BCUT2D eigenvalue weighted by atomic mass is 10.0. The summed E-state index contributed by atoms with van der Waals surface area (Å²) in [5, 5.41) is 1.71. The summed E-state index contributed by atoms with van der Waals surface area (Å²) in [6, 6.07) is 26.1. The number of hydrogen-bond acceptors (Lipinski definition) is 7. The summed E-state index contributed by atoms with van der Waals surface area (Å²) >= 11 is 0. The van der Waals surface area contributed by atoms with Gasteiger partial charge in [0.05, 0.1) is 58.4 Å². The zero-order chi connectivity index (χ0) is 29.4. The Labute approximate surface area is 248 Å². The van der Waals surface area contributed by atoms with Crippen molar-refractivity contribution in [2.45, 2.75) is 27.1 Å². The molecule has 4 aromatic carbocycles. The maximum absolute atomic E-state index is 12.1. The molecule has 0 saturated heterocycles. The number of aldehydes is 1. The van der Waals surface area contributed by atoms with E-state index in [2.05, 4.69) is 62.4 Å². The second kappa shape index (κ2) is 17.3. The molecule has 7 heteroatoms. The van der Waals surface area contributed by atoms with E-state index in [4.69, 9.17) is 28.4 Å². The molecular formula is C35H40O7. The standard InChI is InChI=1S/C35H40O7/c1-27-7-11-29(12-8-27)25-39-17-15-37-19-21-41-34-23-31-5-3-4-6-32(31)33(24-36)35(34)42-22-20-38-16-18-40-26-30-13-9-28(2)10-14-30/h3-14,23-24H,15-22,25-26H2,1-2H3. The molecule has 222 valence electrons. The van der Waals surface area contributed by atoms with Crippen LogP contribution in [0.5, 0.6) is 11.5 Å². The van der Waals surface area contributed by atoms with Crippen molar-refractivity contribution in [1.82, 2.24) is 0 Å². The molecule has 0 aromatic heterocycles. The van der Waals surface area contributed by atoms with Gasteiger partial charge in [0.25, 0.3) is 0 Å². The first-order chi connectivity index (χ1) is 20.6. The van der Waals surface area contributed by atoms with Crippen LogP contribution in [0.2, 0.25) is 0 Å². The van der Waals surface area contributed by atoms with Crippen LogP contribution in [0.4, 0.5) is 0 Å². The van der Waals surface area contributed by atoms with Gasteiger partial charge in [0, 0.05) is 0 Å². The van der Waals surface area contributed by atoms with Gasteiger partial charge in [-0.3, -0.25) is 4.79 Å². The number of rotatable bonds is 19. The van der Waals surface area contributed by atoms with Gasteiger partial charge in [-0.05, 0) is 41.8 Å². The van der Waals surface area contributed by atoms with Crippen molar-refractivity contribution in [2.24, 2.45) is 0 Å². The first-order valence-corrected chi connectivity index (χ1v) is 14.3. The predicted octanol–water partition coefficient (Wildman–Crippen LogP) is 6.49. The highest BCUT2D eigenvalue weighted by molar-refractivity contribution is 6.02. The molecule has 0 N–H and O–H groups in total. The van der Waals surface area contributed by atoms with Crippen molar-refractivity contribution < 1.29 is 33.2 Å². The second-order valence-electron chi connectivity index (χ2n) is 9.95. The minimum Gasteiger partial charge on any atom is -0.487 e. The van der Waals surface area contributed by atoms with Gasteiger partial charge in [-0.15, -0.1) is 0 Å². The van der Waals surface area contributed by atoms with Gasteiger partial charge in [0.15, 0.2) is 17.8 Å². The zero-order valence-electron chi connectivity index (χ0n) is 24.5. The highest BCUT2D eigenvalue weighted by Crippen LogP contribution is 2.37. The van der Waals surface area contributed by atoms with E-state index in [1.165, 1.54) is 11.1 Å². The minimum atomic E-state index is 0.266. The van der Waals surface area contributed by atoms with E-state index in [-0.39, 0.29) is 6.61 Å². The molecule has 0 spiro atoms. The Morgan fingerprint density at radius 2 is 1.07 bits per heavy atom. The fourth-order valence-corrected chi connectivity index (χ4v) is 4.30. The van der Waals surface area contributed by atoms with Crippen molar-refractivity contribution >= 4 is 17.1 Å². The van der Waals surface area contributed by atoms with Crippen LogP contribution in [0, 0.1) is 13.8 Å². The monoisotopic (exact) mass is 572 g/mol. The third-order valence-corrected chi connectivity index (χ3v) is 6.61. The molecule has 42 heavy (non-hydrogen) atoms. The Bertz CT molecular complexity index is 1370. The van der Waals surface area contributed by atoms with Crippen LogP contribution >= 0.6 is 0 Å². The van der Waals surface area contributed by atoms with E-state index < -0.39 is 0 Å². The Hall–Kier alpha value is -3.75. The largest absolute Gasteiger partial charge is 0.487 e. The number of aryl methyl sites for hydroxylation is 2. The van der Waals surface area contributed by atoms with Gasteiger partial charge in [0.2, 0.25) is 0 Å². The van der Waals surface area contributed by atoms with Gasteiger partial charge in [0.1, 0.15) is 13.2 Å². The molecule has 4 aromatic rings. The summed E-state index contributed by atoms with van der Waals surface area (Å²) in [4.78, 5) is 12.1. The topological polar surface area (TPSA) is 72.5 Å². The Kier molecular flexibility index (Phi) is 12.8. The number of fused-ring (bicyclic) bond motifs is 1. The third-order valence-electron chi connectivity index (χ3n) is 6.61. The fourth-order valence-electron chi connectivity index (χ4n) is 4.30. The van der Waals surface area contributed by atoms with Crippen LogP contribution in [-0.4, -0.2) is 59.1 Å². The van der Waals surface area contributed by atoms with Crippen molar-refractivity contribution in [3.8, 4) is 11.5 Å². The lowest BCUT2D eigenvalue weighted by Crippen LogP contribution is -2.14. The number of benzene rings is 4. The van der Waals surface area contributed by atoms with E-state index in [0.29, 0.717) is 76.5 Å². The smallest absolute Gasteiger partial charge is 0.172 e. The van der Waals surface area contributed by atoms with Gasteiger partial charge in [-0.25, -0.2) is 0 Å². The summed E-state index contributed by atoms with van der Waals surface area (Å²) in [5.41, 5.74) is 5.17. The van der Waals surface area contributed by atoms with Crippen LogP contribution < -0.4 is 9.47 Å². The molecule has 0 aliphatic carbocycles. The van der Waals surface area contributed by atoms with Crippen molar-refractivity contribution in [1.29, 1.82) is 0 Å². The molecule has 0 fully saturated rings. The van der Waals surface area contributed by atoms with Crippen LogP contribution in [0.15, 0.2) is 78.9 Å². The van der Waals surface area contributed by atoms with Crippen LogP contribution in [-0.2, 0) is 32.2 Å².